The molecule has 0 saturated heterocycles. The van der Waals surface area contributed by atoms with Crippen LogP contribution >= 0.6 is 0 Å². The Bertz CT molecular complexity index is 304. The summed E-state index contributed by atoms with van der Waals surface area (Å²) in [5.41, 5.74) is 0.910. The van der Waals surface area contributed by atoms with Gasteiger partial charge < -0.3 is 10.1 Å². The Kier molecular flexibility index (Phi) is 10.4. The number of nitrogens with one attached hydrogen (secondary N) is 1. The van der Waals surface area contributed by atoms with Crippen molar-refractivity contribution in [2.24, 2.45) is 0 Å². The second-order valence-corrected chi connectivity index (χ2v) is 2.06. The highest BCUT2D eigenvalue weighted by molar-refractivity contribution is 5.74. The van der Waals surface area contributed by atoms with Crippen LogP contribution in [0.3, 0.4) is 0 Å². The first kappa shape index (κ1) is 15.1. The molecule has 1 rings (SSSR count). The highest BCUT2D eigenvalue weighted by Gasteiger charge is 1.92. The van der Waals surface area contributed by atoms with Crippen molar-refractivity contribution in [2.75, 3.05) is 7.11 Å². The van der Waals surface area contributed by atoms with Crippen LogP contribution in [0.2, 0.25) is 0 Å². The predicted octanol–water partition coefficient (Wildman–Crippen LogP) is 1.13. The predicted molar refractivity (Wildman–Crippen MR) is 56.7 cm³/mol. The SMILES string of the molecule is CC.CO.Cc1cc(C=O)c[nH]c1=O. The molecule has 0 aliphatic rings. The number of aliphatic hydroxyl groups excluding tert-OH is 1. The molecule has 1 aromatic heterocycles. The number of carbonyl (C=O) groups excluding carboxylic acids is 1. The fourth-order valence-electron chi connectivity index (χ4n) is 0.688. The molecule has 0 saturated carbocycles. The first-order valence-electron chi connectivity index (χ1n) is 4.33. The minimum Gasteiger partial charge on any atom is -0.400 e. The molecule has 0 radical (unpaired) electrons. The van der Waals surface area contributed by atoms with E-state index in [0.717, 1.165) is 7.11 Å². The topological polar surface area (TPSA) is 70.2 Å². The van der Waals surface area contributed by atoms with Crippen LogP contribution in [0, 0.1) is 6.92 Å². The lowest BCUT2D eigenvalue weighted by Gasteiger charge is -1.90. The first-order valence-corrected chi connectivity index (χ1v) is 4.33. The van der Waals surface area contributed by atoms with Gasteiger partial charge in [-0.15, -0.1) is 0 Å². The van der Waals surface area contributed by atoms with E-state index in [0.29, 0.717) is 17.4 Å². The molecular formula is C10H17NO3. The van der Waals surface area contributed by atoms with Gasteiger partial charge in [-0.3, -0.25) is 9.59 Å². The fraction of sp³-hybridized carbons (Fsp3) is 0.400. The van der Waals surface area contributed by atoms with E-state index in [2.05, 4.69) is 4.98 Å². The molecule has 0 atom stereocenters. The Morgan fingerprint density at radius 3 is 2.21 bits per heavy atom. The quantitative estimate of drug-likeness (QED) is 0.666. The third kappa shape index (κ3) is 5.27. The second kappa shape index (κ2) is 9.67. The minimum atomic E-state index is -0.148. The van der Waals surface area contributed by atoms with Crippen LogP contribution in [0.25, 0.3) is 0 Å². The summed E-state index contributed by atoms with van der Waals surface area (Å²) in [6.07, 6.45) is 2.09. The van der Waals surface area contributed by atoms with Crippen LogP contribution in [0.15, 0.2) is 17.1 Å². The highest BCUT2D eigenvalue weighted by Crippen LogP contribution is 1.91. The van der Waals surface area contributed by atoms with Crippen molar-refractivity contribution in [3.8, 4) is 0 Å². The van der Waals surface area contributed by atoms with E-state index in [-0.39, 0.29) is 5.56 Å². The molecule has 0 bridgehead atoms. The van der Waals surface area contributed by atoms with Gasteiger partial charge in [0, 0.05) is 24.4 Å². The lowest BCUT2D eigenvalue weighted by atomic mass is 10.2. The van der Waals surface area contributed by atoms with Crippen molar-refractivity contribution < 1.29 is 9.90 Å². The van der Waals surface area contributed by atoms with Gasteiger partial charge in [0.2, 0.25) is 0 Å². The molecule has 0 unspecified atom stereocenters. The Morgan fingerprint density at radius 2 is 1.86 bits per heavy atom. The number of aromatic nitrogens is 1. The monoisotopic (exact) mass is 199 g/mol. The van der Waals surface area contributed by atoms with Gasteiger partial charge in [0.25, 0.3) is 5.56 Å². The maximum atomic E-state index is 10.7. The van der Waals surface area contributed by atoms with E-state index in [1.54, 1.807) is 13.0 Å². The molecule has 1 heterocycles. The largest absolute Gasteiger partial charge is 0.400 e. The van der Waals surface area contributed by atoms with Gasteiger partial charge in [0.05, 0.1) is 0 Å². The number of hydrogen-bond donors (Lipinski definition) is 2. The number of aryl methyl sites for hydroxylation is 1. The molecule has 14 heavy (non-hydrogen) atoms. The molecule has 80 valence electrons. The Morgan fingerprint density at radius 1 is 1.36 bits per heavy atom. The highest BCUT2D eigenvalue weighted by atomic mass is 16.2. The van der Waals surface area contributed by atoms with Crippen molar-refractivity contribution in [2.45, 2.75) is 20.8 Å². The number of aliphatic hydroxyl groups is 1. The standard InChI is InChI=1S/C7H7NO2.C2H6.CH4O/c1-5-2-6(4-9)3-8-7(5)10;2*1-2/h2-4H,1H3,(H,8,10);1-2H3;2H,1H3. The van der Waals surface area contributed by atoms with Gasteiger partial charge in [0.15, 0.2) is 6.29 Å². The Hall–Kier alpha value is -1.42. The number of hydrogen-bond acceptors (Lipinski definition) is 3. The van der Waals surface area contributed by atoms with E-state index in [1.165, 1.54) is 6.20 Å². The number of aldehydes is 1. The van der Waals surface area contributed by atoms with Gasteiger partial charge in [0.1, 0.15) is 0 Å². The van der Waals surface area contributed by atoms with E-state index in [4.69, 9.17) is 5.11 Å². The maximum absolute atomic E-state index is 10.7. The molecule has 0 aliphatic carbocycles. The molecule has 0 amide bonds. The molecule has 2 N–H and O–H groups in total. The number of aromatic amines is 1. The van der Waals surface area contributed by atoms with Gasteiger partial charge in [-0.25, -0.2) is 0 Å². The summed E-state index contributed by atoms with van der Waals surface area (Å²) in [6, 6.07) is 1.55. The van der Waals surface area contributed by atoms with Crippen molar-refractivity contribution in [3.63, 3.8) is 0 Å². The van der Waals surface area contributed by atoms with E-state index in [1.807, 2.05) is 13.8 Å². The lowest BCUT2D eigenvalue weighted by Crippen LogP contribution is -2.08. The van der Waals surface area contributed by atoms with Gasteiger partial charge >= 0.3 is 0 Å². The van der Waals surface area contributed by atoms with Crippen LogP contribution in [-0.4, -0.2) is 23.5 Å². The average molecular weight is 199 g/mol. The van der Waals surface area contributed by atoms with Crippen molar-refractivity contribution >= 4 is 6.29 Å². The first-order chi connectivity index (χ1) is 6.74. The summed E-state index contributed by atoms with van der Waals surface area (Å²) in [4.78, 5) is 23.3. The smallest absolute Gasteiger partial charge is 0.250 e. The summed E-state index contributed by atoms with van der Waals surface area (Å²) in [5.74, 6) is 0. The number of pyridine rings is 1. The molecule has 4 nitrogen and oxygen atoms in total. The number of rotatable bonds is 1. The van der Waals surface area contributed by atoms with Crippen LogP contribution < -0.4 is 5.56 Å². The molecule has 4 heteroatoms. The van der Waals surface area contributed by atoms with Gasteiger partial charge in [-0.2, -0.15) is 0 Å². The van der Waals surface area contributed by atoms with Crippen LogP contribution in [0.5, 0.6) is 0 Å². The van der Waals surface area contributed by atoms with E-state index < -0.39 is 0 Å². The van der Waals surface area contributed by atoms with Crippen molar-refractivity contribution in [1.82, 2.24) is 4.98 Å². The molecule has 1 aromatic rings. The zero-order chi connectivity index (χ0) is 11.6. The zero-order valence-electron chi connectivity index (χ0n) is 9.00. The summed E-state index contributed by atoms with van der Waals surface area (Å²) < 4.78 is 0. The fourth-order valence-corrected chi connectivity index (χ4v) is 0.688. The lowest BCUT2D eigenvalue weighted by molar-refractivity contribution is 0.112. The third-order valence-corrected chi connectivity index (χ3v) is 1.25. The van der Waals surface area contributed by atoms with E-state index in [9.17, 15) is 9.59 Å². The third-order valence-electron chi connectivity index (χ3n) is 1.25. The Balaban J connectivity index is 0. The molecule has 0 fully saturated rings. The molecule has 0 aliphatic heterocycles. The van der Waals surface area contributed by atoms with E-state index >= 15 is 0 Å². The Labute approximate surface area is 83.6 Å². The maximum Gasteiger partial charge on any atom is 0.250 e. The van der Waals surface area contributed by atoms with Crippen LogP contribution in [-0.2, 0) is 0 Å². The van der Waals surface area contributed by atoms with Gasteiger partial charge in [-0.1, -0.05) is 13.8 Å². The zero-order valence-corrected chi connectivity index (χ0v) is 9.00. The minimum absolute atomic E-state index is 0.148. The van der Waals surface area contributed by atoms with Crippen molar-refractivity contribution in [3.05, 3.63) is 33.7 Å². The number of H-pyrrole nitrogens is 1. The molecule has 0 spiro atoms. The van der Waals surface area contributed by atoms with Crippen LogP contribution in [0.1, 0.15) is 29.8 Å². The van der Waals surface area contributed by atoms with Gasteiger partial charge in [-0.05, 0) is 13.0 Å². The van der Waals surface area contributed by atoms with Crippen molar-refractivity contribution in [1.29, 1.82) is 0 Å². The molecular weight excluding hydrogens is 182 g/mol. The van der Waals surface area contributed by atoms with Crippen LogP contribution in [0.4, 0.5) is 0 Å². The molecule has 0 aromatic carbocycles. The summed E-state index contributed by atoms with van der Waals surface area (Å²) in [6.45, 7) is 5.66. The summed E-state index contributed by atoms with van der Waals surface area (Å²) in [5, 5.41) is 7.00. The summed E-state index contributed by atoms with van der Waals surface area (Å²) >= 11 is 0. The second-order valence-electron chi connectivity index (χ2n) is 2.06. The average Bonchev–Trinajstić information content (AvgIpc) is 2.28. The summed E-state index contributed by atoms with van der Waals surface area (Å²) in [7, 11) is 1.00. The number of carbonyl (C=O) groups is 1. The normalized spacial score (nSPS) is 7.50.